The van der Waals surface area contributed by atoms with Gasteiger partial charge in [-0.25, -0.2) is 22.8 Å². The fourth-order valence-corrected chi connectivity index (χ4v) is 3.51. The van der Waals surface area contributed by atoms with E-state index in [1.165, 1.54) is 6.33 Å². The third-order valence-electron chi connectivity index (χ3n) is 3.57. The van der Waals surface area contributed by atoms with Gasteiger partial charge in [-0.1, -0.05) is 36.4 Å². The van der Waals surface area contributed by atoms with Crippen LogP contribution in [0.15, 0.2) is 66.1 Å². The number of sulfonamides is 1. The number of rotatable bonds is 6. The Kier molecular flexibility index (Phi) is 4.73. The van der Waals surface area contributed by atoms with Crippen LogP contribution in [0, 0.1) is 6.92 Å². The molecule has 3 rings (SSSR count). The first kappa shape index (κ1) is 16.4. The second-order valence-electron chi connectivity index (χ2n) is 5.55. The van der Waals surface area contributed by atoms with Gasteiger partial charge in [0, 0.05) is 6.54 Å². The van der Waals surface area contributed by atoms with Crippen molar-refractivity contribution in [3.05, 3.63) is 77.9 Å². The van der Waals surface area contributed by atoms with Crippen molar-refractivity contribution in [2.75, 3.05) is 0 Å². The summed E-state index contributed by atoms with van der Waals surface area (Å²) >= 11 is 0. The SMILES string of the molecule is Cc1cccc(S(=O)(=O)NCc2cccc(Cn3cncn3)c2)c1. The summed E-state index contributed by atoms with van der Waals surface area (Å²) in [7, 11) is -3.52. The van der Waals surface area contributed by atoms with E-state index in [9.17, 15) is 8.42 Å². The Labute approximate surface area is 141 Å². The molecule has 0 spiro atoms. The van der Waals surface area contributed by atoms with Gasteiger partial charge in [-0.2, -0.15) is 5.10 Å². The van der Waals surface area contributed by atoms with Crippen molar-refractivity contribution in [3.8, 4) is 0 Å². The Morgan fingerprint density at radius 2 is 1.88 bits per heavy atom. The second kappa shape index (κ2) is 6.94. The molecule has 3 aromatic rings. The van der Waals surface area contributed by atoms with E-state index in [0.29, 0.717) is 6.54 Å². The zero-order valence-corrected chi connectivity index (χ0v) is 14.1. The lowest BCUT2D eigenvalue weighted by molar-refractivity contribution is 0.581. The summed E-state index contributed by atoms with van der Waals surface area (Å²) in [4.78, 5) is 4.19. The van der Waals surface area contributed by atoms with Gasteiger partial charge >= 0.3 is 0 Å². The van der Waals surface area contributed by atoms with Gasteiger partial charge in [-0.15, -0.1) is 0 Å². The Balaban J connectivity index is 1.70. The molecule has 1 aromatic heterocycles. The average Bonchev–Trinajstić information content (AvgIpc) is 3.06. The lowest BCUT2D eigenvalue weighted by Gasteiger charge is -2.09. The third-order valence-corrected chi connectivity index (χ3v) is 4.97. The molecular formula is C17H18N4O2S. The molecule has 0 aliphatic rings. The summed E-state index contributed by atoms with van der Waals surface area (Å²) in [6, 6.07) is 14.6. The first-order valence-corrected chi connectivity index (χ1v) is 8.98. The van der Waals surface area contributed by atoms with Gasteiger partial charge in [-0.3, -0.25) is 0 Å². The minimum absolute atomic E-state index is 0.238. The van der Waals surface area contributed by atoms with Crippen LogP contribution in [0.1, 0.15) is 16.7 Å². The molecule has 0 atom stereocenters. The van der Waals surface area contributed by atoms with Crippen LogP contribution in [0.5, 0.6) is 0 Å². The molecular weight excluding hydrogens is 324 g/mol. The van der Waals surface area contributed by atoms with E-state index in [1.54, 1.807) is 29.2 Å². The van der Waals surface area contributed by atoms with Crippen molar-refractivity contribution < 1.29 is 8.42 Å². The van der Waals surface area contributed by atoms with E-state index >= 15 is 0 Å². The fourth-order valence-electron chi connectivity index (χ4n) is 2.38. The molecule has 7 heteroatoms. The van der Waals surface area contributed by atoms with Gasteiger partial charge in [0.15, 0.2) is 0 Å². The summed E-state index contributed by atoms with van der Waals surface area (Å²) in [6.07, 6.45) is 3.13. The van der Waals surface area contributed by atoms with E-state index in [0.717, 1.165) is 16.7 Å². The maximum atomic E-state index is 12.4. The molecule has 0 amide bonds. The summed E-state index contributed by atoms with van der Waals surface area (Å²) in [6.45, 7) is 2.70. The highest BCUT2D eigenvalue weighted by atomic mass is 32.2. The first-order chi connectivity index (χ1) is 11.5. The normalized spacial score (nSPS) is 11.5. The first-order valence-electron chi connectivity index (χ1n) is 7.49. The minimum atomic E-state index is -3.52. The van der Waals surface area contributed by atoms with E-state index in [-0.39, 0.29) is 11.4 Å². The molecule has 0 aliphatic heterocycles. The fraction of sp³-hybridized carbons (Fsp3) is 0.176. The molecule has 0 saturated carbocycles. The number of hydrogen-bond donors (Lipinski definition) is 1. The molecule has 2 aromatic carbocycles. The van der Waals surface area contributed by atoms with Crippen LogP contribution < -0.4 is 4.72 Å². The van der Waals surface area contributed by atoms with Crippen molar-refractivity contribution in [1.29, 1.82) is 0 Å². The van der Waals surface area contributed by atoms with Crippen LogP contribution in [-0.4, -0.2) is 23.2 Å². The van der Waals surface area contributed by atoms with E-state index < -0.39 is 10.0 Å². The Hall–Kier alpha value is -2.51. The number of nitrogens with zero attached hydrogens (tertiary/aromatic N) is 3. The van der Waals surface area contributed by atoms with Gasteiger partial charge in [0.05, 0.1) is 11.4 Å². The third kappa shape index (κ3) is 4.06. The van der Waals surface area contributed by atoms with Crippen molar-refractivity contribution in [2.45, 2.75) is 24.9 Å². The largest absolute Gasteiger partial charge is 0.249 e. The lowest BCUT2D eigenvalue weighted by atomic mass is 10.1. The van der Waals surface area contributed by atoms with Crippen molar-refractivity contribution >= 4 is 10.0 Å². The van der Waals surface area contributed by atoms with Crippen LogP contribution in [0.4, 0.5) is 0 Å². The highest BCUT2D eigenvalue weighted by Gasteiger charge is 2.13. The number of hydrogen-bond acceptors (Lipinski definition) is 4. The zero-order chi connectivity index (χ0) is 17.0. The monoisotopic (exact) mass is 342 g/mol. The molecule has 0 radical (unpaired) electrons. The molecule has 1 N–H and O–H groups in total. The van der Waals surface area contributed by atoms with E-state index in [4.69, 9.17) is 0 Å². The molecule has 24 heavy (non-hydrogen) atoms. The number of aromatic nitrogens is 3. The van der Waals surface area contributed by atoms with Gasteiger partial charge in [-0.05, 0) is 35.7 Å². The predicted molar refractivity (Wildman–Crippen MR) is 90.8 cm³/mol. The summed E-state index contributed by atoms with van der Waals surface area (Å²) < 4.78 is 29.1. The zero-order valence-electron chi connectivity index (χ0n) is 13.3. The minimum Gasteiger partial charge on any atom is -0.249 e. The number of aryl methyl sites for hydroxylation is 1. The van der Waals surface area contributed by atoms with E-state index in [1.807, 2.05) is 37.3 Å². The maximum absolute atomic E-state index is 12.4. The number of benzene rings is 2. The average molecular weight is 342 g/mol. The molecule has 0 bridgehead atoms. The van der Waals surface area contributed by atoms with E-state index in [2.05, 4.69) is 14.8 Å². The molecule has 124 valence electrons. The summed E-state index contributed by atoms with van der Waals surface area (Å²) in [5.41, 5.74) is 2.84. The standard InChI is InChI=1S/C17H18N4O2S/c1-14-4-2-7-17(8-14)24(22,23)20-10-15-5-3-6-16(9-15)11-21-13-18-12-19-21/h2-9,12-13,20H,10-11H2,1H3. The van der Waals surface area contributed by atoms with Crippen molar-refractivity contribution in [1.82, 2.24) is 19.5 Å². The summed E-state index contributed by atoms with van der Waals surface area (Å²) in [5.74, 6) is 0. The maximum Gasteiger partial charge on any atom is 0.240 e. The molecule has 0 unspecified atom stereocenters. The Morgan fingerprint density at radius 3 is 2.62 bits per heavy atom. The molecule has 0 saturated heterocycles. The molecule has 6 nitrogen and oxygen atoms in total. The van der Waals surface area contributed by atoms with Gasteiger partial charge in [0.2, 0.25) is 10.0 Å². The van der Waals surface area contributed by atoms with Crippen molar-refractivity contribution in [2.24, 2.45) is 0 Å². The highest BCUT2D eigenvalue weighted by molar-refractivity contribution is 7.89. The van der Waals surface area contributed by atoms with Crippen molar-refractivity contribution in [3.63, 3.8) is 0 Å². The van der Waals surface area contributed by atoms with Crippen LogP contribution >= 0.6 is 0 Å². The van der Waals surface area contributed by atoms with Crippen LogP contribution in [0.25, 0.3) is 0 Å². The smallest absolute Gasteiger partial charge is 0.240 e. The second-order valence-corrected chi connectivity index (χ2v) is 7.32. The Bertz CT molecular complexity index is 921. The van der Waals surface area contributed by atoms with Crippen LogP contribution in [-0.2, 0) is 23.1 Å². The highest BCUT2D eigenvalue weighted by Crippen LogP contribution is 2.12. The predicted octanol–water partition coefficient (Wildman–Crippen LogP) is 2.11. The van der Waals surface area contributed by atoms with Crippen LogP contribution in [0.3, 0.4) is 0 Å². The molecule has 0 fully saturated rings. The number of nitrogens with one attached hydrogen (secondary N) is 1. The van der Waals surface area contributed by atoms with Gasteiger partial charge in [0.1, 0.15) is 12.7 Å². The quantitative estimate of drug-likeness (QED) is 0.744. The lowest BCUT2D eigenvalue weighted by Crippen LogP contribution is -2.23. The van der Waals surface area contributed by atoms with Gasteiger partial charge in [0.25, 0.3) is 0 Å². The topological polar surface area (TPSA) is 76.9 Å². The van der Waals surface area contributed by atoms with Crippen LogP contribution in [0.2, 0.25) is 0 Å². The molecule has 1 heterocycles. The van der Waals surface area contributed by atoms with Gasteiger partial charge < -0.3 is 0 Å². The summed E-state index contributed by atoms with van der Waals surface area (Å²) in [5, 5.41) is 4.07. The Morgan fingerprint density at radius 1 is 1.08 bits per heavy atom. The molecule has 0 aliphatic carbocycles.